The van der Waals surface area contributed by atoms with E-state index < -0.39 is 8.07 Å². The van der Waals surface area contributed by atoms with Gasteiger partial charge < -0.3 is 0 Å². The summed E-state index contributed by atoms with van der Waals surface area (Å²) in [5.41, 5.74) is 4.04. The normalized spacial score (nSPS) is 14.7. The molecular formula is C34H28Si. The quantitative estimate of drug-likeness (QED) is 0.155. The third kappa shape index (κ3) is 3.12. The van der Waals surface area contributed by atoms with Crippen molar-refractivity contribution in [3.8, 4) is 0 Å². The first-order chi connectivity index (χ1) is 17.2. The van der Waals surface area contributed by atoms with Crippen LogP contribution in [0.4, 0.5) is 0 Å². The van der Waals surface area contributed by atoms with Crippen molar-refractivity contribution in [2.45, 2.75) is 13.8 Å². The zero-order chi connectivity index (χ0) is 24.0. The largest absolute Gasteiger partial charge is 0.176 e. The zero-order valence-electron chi connectivity index (χ0n) is 20.3. The Morgan fingerprint density at radius 1 is 0.657 bits per heavy atom. The predicted molar refractivity (Wildman–Crippen MR) is 156 cm³/mol. The van der Waals surface area contributed by atoms with Gasteiger partial charge in [0.15, 0.2) is 8.07 Å². The van der Waals surface area contributed by atoms with Gasteiger partial charge in [0.25, 0.3) is 0 Å². The van der Waals surface area contributed by atoms with Crippen LogP contribution in [-0.4, -0.2) is 8.07 Å². The van der Waals surface area contributed by atoms with Crippen LogP contribution in [0.1, 0.15) is 18.1 Å². The number of rotatable bonds is 4. The fourth-order valence-electron chi connectivity index (χ4n) is 6.13. The van der Waals surface area contributed by atoms with Crippen molar-refractivity contribution >= 4 is 50.8 Å². The number of benzene rings is 5. The SMILES string of the molecule is C=C/C=C\C1=C(C)[Si](c2ccccc2)(c2ccccc2)c2cc3c(C)cc4ccccc4c3cc21. The van der Waals surface area contributed by atoms with Gasteiger partial charge in [-0.25, -0.2) is 0 Å². The third-order valence-electron chi connectivity index (χ3n) is 7.68. The first-order valence-corrected chi connectivity index (χ1v) is 14.2. The monoisotopic (exact) mass is 464 g/mol. The molecule has 0 N–H and O–H groups in total. The minimum atomic E-state index is -2.44. The average Bonchev–Trinajstić information content (AvgIpc) is 3.15. The van der Waals surface area contributed by atoms with E-state index >= 15 is 0 Å². The van der Waals surface area contributed by atoms with Crippen LogP contribution in [0.15, 0.2) is 133 Å². The van der Waals surface area contributed by atoms with Crippen molar-refractivity contribution in [1.29, 1.82) is 0 Å². The molecule has 1 heterocycles. The van der Waals surface area contributed by atoms with Gasteiger partial charge in [-0.05, 0) is 73.7 Å². The highest BCUT2D eigenvalue weighted by Gasteiger charge is 2.48. The Labute approximate surface area is 208 Å². The number of hydrogen-bond acceptors (Lipinski definition) is 0. The minimum Gasteiger partial charge on any atom is -0.0991 e. The van der Waals surface area contributed by atoms with Crippen LogP contribution in [0.3, 0.4) is 0 Å². The molecule has 5 aromatic rings. The first kappa shape index (κ1) is 21.6. The lowest BCUT2D eigenvalue weighted by Crippen LogP contribution is -2.67. The van der Waals surface area contributed by atoms with Crippen molar-refractivity contribution < 1.29 is 0 Å². The molecule has 0 nitrogen and oxygen atoms in total. The molecule has 168 valence electrons. The Morgan fingerprint density at radius 3 is 1.94 bits per heavy atom. The van der Waals surface area contributed by atoms with Crippen molar-refractivity contribution in [3.63, 3.8) is 0 Å². The molecule has 0 amide bonds. The second-order valence-electron chi connectivity index (χ2n) is 9.47. The molecule has 0 aromatic heterocycles. The summed E-state index contributed by atoms with van der Waals surface area (Å²) in [6.45, 7) is 8.58. The molecule has 0 spiro atoms. The summed E-state index contributed by atoms with van der Waals surface area (Å²) in [4.78, 5) is 0. The Hall–Kier alpha value is -3.94. The highest BCUT2D eigenvalue weighted by molar-refractivity contribution is 7.18. The smallest absolute Gasteiger partial charge is 0.0991 e. The van der Waals surface area contributed by atoms with Gasteiger partial charge in [0, 0.05) is 0 Å². The lowest BCUT2D eigenvalue weighted by atomic mass is 9.94. The van der Waals surface area contributed by atoms with Gasteiger partial charge in [0.2, 0.25) is 0 Å². The molecule has 6 rings (SSSR count). The highest BCUT2D eigenvalue weighted by atomic mass is 28.3. The van der Waals surface area contributed by atoms with Crippen LogP contribution in [0.2, 0.25) is 0 Å². The van der Waals surface area contributed by atoms with Crippen LogP contribution in [-0.2, 0) is 0 Å². The van der Waals surface area contributed by atoms with E-state index in [0.29, 0.717) is 0 Å². The van der Waals surface area contributed by atoms with Gasteiger partial charge in [-0.15, -0.1) is 0 Å². The molecule has 0 bridgehead atoms. The van der Waals surface area contributed by atoms with E-state index in [2.05, 4.69) is 136 Å². The van der Waals surface area contributed by atoms with E-state index in [0.717, 1.165) is 0 Å². The van der Waals surface area contributed by atoms with Crippen molar-refractivity contribution in [1.82, 2.24) is 0 Å². The highest BCUT2D eigenvalue weighted by Crippen LogP contribution is 2.38. The standard InChI is InChI=1S/C34H28Si/c1-4-5-19-29-25(3)35(27-15-8-6-9-16-27,28-17-10-7-11-18-28)34-23-31-24(2)21-26-14-12-13-20-30(26)32(31)22-33(29)34/h4-23H,1H2,2-3H3/b19-5-. The van der Waals surface area contributed by atoms with Crippen LogP contribution >= 0.6 is 0 Å². The van der Waals surface area contributed by atoms with Gasteiger partial charge in [-0.2, -0.15) is 0 Å². The van der Waals surface area contributed by atoms with Gasteiger partial charge >= 0.3 is 0 Å². The van der Waals surface area contributed by atoms with Gasteiger partial charge in [0.05, 0.1) is 0 Å². The van der Waals surface area contributed by atoms with E-state index in [4.69, 9.17) is 0 Å². The summed E-state index contributed by atoms with van der Waals surface area (Å²) >= 11 is 0. The van der Waals surface area contributed by atoms with Crippen LogP contribution in [0.5, 0.6) is 0 Å². The van der Waals surface area contributed by atoms with Crippen LogP contribution in [0.25, 0.3) is 27.1 Å². The molecule has 0 saturated carbocycles. The zero-order valence-corrected chi connectivity index (χ0v) is 21.3. The minimum absolute atomic E-state index is 1.30. The number of aryl methyl sites for hydroxylation is 1. The van der Waals surface area contributed by atoms with Crippen molar-refractivity contribution in [2.24, 2.45) is 0 Å². The summed E-state index contributed by atoms with van der Waals surface area (Å²) in [5.74, 6) is 0. The second kappa shape index (κ2) is 8.37. The molecule has 5 aromatic carbocycles. The van der Waals surface area contributed by atoms with Crippen molar-refractivity contribution in [2.75, 3.05) is 0 Å². The van der Waals surface area contributed by atoms with E-state index in [1.807, 2.05) is 6.08 Å². The maximum atomic E-state index is 3.96. The molecular weight excluding hydrogens is 436 g/mol. The molecule has 0 saturated heterocycles. The fourth-order valence-corrected chi connectivity index (χ4v) is 11.3. The Bertz CT molecular complexity index is 1610. The molecule has 0 atom stereocenters. The number of hydrogen-bond donors (Lipinski definition) is 0. The summed E-state index contributed by atoms with van der Waals surface area (Å²) < 4.78 is 0. The molecule has 35 heavy (non-hydrogen) atoms. The molecule has 1 aliphatic heterocycles. The van der Waals surface area contributed by atoms with Gasteiger partial charge in [-0.1, -0.05) is 127 Å². The summed E-state index contributed by atoms with van der Waals surface area (Å²) in [6.07, 6.45) is 6.24. The molecule has 0 radical (unpaired) electrons. The Balaban J connectivity index is 1.82. The summed E-state index contributed by atoms with van der Waals surface area (Å²) in [5, 5.41) is 11.2. The number of allylic oxidation sites excluding steroid dienone is 5. The van der Waals surface area contributed by atoms with E-state index in [1.54, 1.807) is 0 Å². The molecule has 1 heteroatoms. The maximum absolute atomic E-state index is 3.96. The lowest BCUT2D eigenvalue weighted by Gasteiger charge is -2.32. The van der Waals surface area contributed by atoms with Crippen LogP contribution < -0.4 is 15.6 Å². The predicted octanol–water partition coefficient (Wildman–Crippen LogP) is 6.84. The van der Waals surface area contributed by atoms with Gasteiger partial charge in [0.1, 0.15) is 0 Å². The lowest BCUT2D eigenvalue weighted by molar-refractivity contribution is 1.56. The Morgan fingerprint density at radius 2 is 1.29 bits per heavy atom. The molecule has 0 aliphatic carbocycles. The molecule has 1 aliphatic rings. The van der Waals surface area contributed by atoms with Crippen molar-refractivity contribution in [3.05, 3.63) is 144 Å². The average molecular weight is 465 g/mol. The second-order valence-corrected chi connectivity index (χ2v) is 13.4. The fraction of sp³-hybridized carbons (Fsp3) is 0.0588. The summed E-state index contributed by atoms with van der Waals surface area (Å²) in [6, 6.07) is 38.5. The molecule has 0 fully saturated rings. The summed E-state index contributed by atoms with van der Waals surface area (Å²) in [7, 11) is -2.44. The topological polar surface area (TPSA) is 0 Å². The maximum Gasteiger partial charge on any atom is 0.176 e. The van der Waals surface area contributed by atoms with Gasteiger partial charge in [-0.3, -0.25) is 0 Å². The van der Waals surface area contributed by atoms with Crippen LogP contribution in [0, 0.1) is 6.92 Å². The van der Waals surface area contributed by atoms with E-state index in [9.17, 15) is 0 Å². The Kier molecular flexibility index (Phi) is 5.16. The first-order valence-electron chi connectivity index (χ1n) is 12.2. The third-order valence-corrected chi connectivity index (χ3v) is 12.7. The van der Waals surface area contributed by atoms with E-state index in [-0.39, 0.29) is 0 Å². The number of fused-ring (bicyclic) bond motifs is 4. The molecule has 0 unspecified atom stereocenters. The van der Waals surface area contributed by atoms with E-state index in [1.165, 1.54) is 59.0 Å².